The Morgan fingerprint density at radius 3 is 2.89 bits per heavy atom. The Labute approximate surface area is 120 Å². The van der Waals surface area contributed by atoms with E-state index in [1.807, 2.05) is 0 Å². The lowest BCUT2D eigenvalue weighted by atomic mass is 9.84. The highest BCUT2D eigenvalue weighted by molar-refractivity contribution is 6.31. The summed E-state index contributed by atoms with van der Waals surface area (Å²) in [5, 5.41) is 0.627. The van der Waals surface area contributed by atoms with Crippen molar-refractivity contribution in [3.63, 3.8) is 0 Å². The van der Waals surface area contributed by atoms with Crippen LogP contribution in [0.3, 0.4) is 0 Å². The minimum absolute atomic E-state index is 0.221. The fourth-order valence-electron chi connectivity index (χ4n) is 3.15. The van der Waals surface area contributed by atoms with E-state index in [1.165, 1.54) is 37.8 Å². The van der Waals surface area contributed by atoms with Crippen molar-refractivity contribution in [3.8, 4) is 0 Å². The molecule has 19 heavy (non-hydrogen) atoms. The molecular formula is C16H23ClFN. The molecule has 1 aliphatic carbocycles. The quantitative estimate of drug-likeness (QED) is 0.799. The molecule has 0 spiro atoms. The fraction of sp³-hybridized carbons (Fsp3) is 0.625. The third-order valence-electron chi connectivity index (χ3n) is 4.47. The van der Waals surface area contributed by atoms with E-state index in [2.05, 4.69) is 6.92 Å². The maximum Gasteiger partial charge on any atom is 0.123 e. The topological polar surface area (TPSA) is 26.0 Å². The van der Waals surface area contributed by atoms with Gasteiger partial charge in [0, 0.05) is 10.6 Å². The predicted molar refractivity (Wildman–Crippen MR) is 78.9 cm³/mol. The van der Waals surface area contributed by atoms with Crippen LogP contribution in [0.25, 0.3) is 0 Å². The minimum Gasteiger partial charge on any atom is -0.325 e. The second kappa shape index (κ2) is 6.23. The van der Waals surface area contributed by atoms with Gasteiger partial charge in [-0.1, -0.05) is 37.8 Å². The van der Waals surface area contributed by atoms with Gasteiger partial charge in [-0.25, -0.2) is 4.39 Å². The van der Waals surface area contributed by atoms with Gasteiger partial charge >= 0.3 is 0 Å². The zero-order valence-corrected chi connectivity index (χ0v) is 12.3. The van der Waals surface area contributed by atoms with Crippen LogP contribution in [0.15, 0.2) is 18.2 Å². The van der Waals surface area contributed by atoms with Crippen molar-refractivity contribution in [1.29, 1.82) is 0 Å². The van der Waals surface area contributed by atoms with Crippen LogP contribution in [0.2, 0.25) is 5.02 Å². The first-order chi connectivity index (χ1) is 9.02. The normalized spacial score (nSPS) is 28.1. The van der Waals surface area contributed by atoms with Crippen molar-refractivity contribution in [3.05, 3.63) is 34.6 Å². The molecule has 3 heteroatoms. The van der Waals surface area contributed by atoms with E-state index in [0.717, 1.165) is 24.3 Å². The first-order valence-electron chi connectivity index (χ1n) is 7.25. The van der Waals surface area contributed by atoms with Crippen molar-refractivity contribution >= 4 is 11.6 Å². The smallest absolute Gasteiger partial charge is 0.123 e. The highest BCUT2D eigenvalue weighted by Crippen LogP contribution is 2.34. The molecule has 0 heterocycles. The molecule has 2 rings (SSSR count). The SMILES string of the molecule is CCC1CCCC(N)(Cc2cc(F)ccc2Cl)CC1. The molecule has 1 aliphatic rings. The van der Waals surface area contributed by atoms with Gasteiger partial charge in [0.1, 0.15) is 5.82 Å². The number of hydrogen-bond donors (Lipinski definition) is 1. The molecule has 1 nitrogen and oxygen atoms in total. The largest absolute Gasteiger partial charge is 0.325 e. The van der Waals surface area contributed by atoms with Gasteiger partial charge in [-0.05, 0) is 55.4 Å². The van der Waals surface area contributed by atoms with Gasteiger partial charge in [0.05, 0.1) is 0 Å². The lowest BCUT2D eigenvalue weighted by molar-refractivity contribution is 0.358. The lowest BCUT2D eigenvalue weighted by Crippen LogP contribution is -2.41. The van der Waals surface area contributed by atoms with E-state index in [9.17, 15) is 4.39 Å². The van der Waals surface area contributed by atoms with E-state index >= 15 is 0 Å². The third kappa shape index (κ3) is 3.93. The summed E-state index contributed by atoms with van der Waals surface area (Å²) in [4.78, 5) is 0. The molecule has 2 N–H and O–H groups in total. The summed E-state index contributed by atoms with van der Waals surface area (Å²) in [5.41, 5.74) is 7.17. The molecule has 1 aromatic rings. The molecule has 1 saturated carbocycles. The van der Waals surface area contributed by atoms with Crippen LogP contribution in [-0.2, 0) is 6.42 Å². The number of hydrogen-bond acceptors (Lipinski definition) is 1. The van der Waals surface area contributed by atoms with Crippen molar-refractivity contribution < 1.29 is 4.39 Å². The Kier molecular flexibility index (Phi) is 4.86. The molecule has 0 aromatic heterocycles. The zero-order valence-electron chi connectivity index (χ0n) is 11.6. The average Bonchev–Trinajstić information content (AvgIpc) is 2.56. The highest BCUT2D eigenvalue weighted by atomic mass is 35.5. The fourth-order valence-corrected chi connectivity index (χ4v) is 3.33. The monoisotopic (exact) mass is 283 g/mol. The van der Waals surface area contributed by atoms with Crippen LogP contribution >= 0.6 is 11.6 Å². The van der Waals surface area contributed by atoms with E-state index < -0.39 is 0 Å². The molecular weight excluding hydrogens is 261 g/mol. The zero-order chi connectivity index (χ0) is 13.9. The lowest BCUT2D eigenvalue weighted by Gasteiger charge is -2.29. The van der Waals surface area contributed by atoms with E-state index in [1.54, 1.807) is 6.07 Å². The van der Waals surface area contributed by atoms with E-state index in [-0.39, 0.29) is 11.4 Å². The Hall–Kier alpha value is -0.600. The maximum atomic E-state index is 13.3. The van der Waals surface area contributed by atoms with E-state index in [0.29, 0.717) is 11.4 Å². The summed E-state index contributed by atoms with van der Waals surface area (Å²) in [7, 11) is 0. The van der Waals surface area contributed by atoms with Gasteiger partial charge < -0.3 is 5.73 Å². The van der Waals surface area contributed by atoms with Crippen molar-refractivity contribution in [1.82, 2.24) is 0 Å². The number of rotatable bonds is 3. The summed E-state index contributed by atoms with van der Waals surface area (Å²) in [5.74, 6) is 0.566. The van der Waals surface area contributed by atoms with E-state index in [4.69, 9.17) is 17.3 Å². The maximum absolute atomic E-state index is 13.3. The number of nitrogens with two attached hydrogens (primary N) is 1. The van der Waals surface area contributed by atoms with Crippen LogP contribution < -0.4 is 5.73 Å². The molecule has 2 atom stereocenters. The molecule has 2 unspecified atom stereocenters. The molecule has 106 valence electrons. The summed E-state index contributed by atoms with van der Waals surface area (Å²) in [6.45, 7) is 2.25. The van der Waals surface area contributed by atoms with Crippen LogP contribution in [0.1, 0.15) is 51.0 Å². The highest BCUT2D eigenvalue weighted by Gasteiger charge is 2.29. The molecule has 0 radical (unpaired) electrons. The molecule has 1 fully saturated rings. The van der Waals surface area contributed by atoms with Gasteiger partial charge in [0.15, 0.2) is 0 Å². The number of halogens is 2. The Morgan fingerprint density at radius 1 is 1.37 bits per heavy atom. The second-order valence-electron chi connectivity index (χ2n) is 5.98. The molecule has 0 bridgehead atoms. The summed E-state index contributed by atoms with van der Waals surface area (Å²) >= 11 is 6.15. The molecule has 1 aromatic carbocycles. The molecule has 0 amide bonds. The van der Waals surface area contributed by atoms with Crippen LogP contribution in [0.4, 0.5) is 4.39 Å². The summed E-state index contributed by atoms with van der Waals surface area (Å²) in [6.07, 6.45) is 7.56. The minimum atomic E-state index is -0.233. The van der Waals surface area contributed by atoms with Crippen LogP contribution in [0.5, 0.6) is 0 Å². The second-order valence-corrected chi connectivity index (χ2v) is 6.39. The predicted octanol–water partition coefficient (Wildman–Crippen LogP) is 4.71. The van der Waals surface area contributed by atoms with Gasteiger partial charge in [0.25, 0.3) is 0 Å². The number of benzene rings is 1. The van der Waals surface area contributed by atoms with Crippen molar-refractivity contribution in [2.75, 3.05) is 0 Å². The Morgan fingerprint density at radius 2 is 2.16 bits per heavy atom. The van der Waals surface area contributed by atoms with Crippen molar-refractivity contribution in [2.45, 2.75) is 57.4 Å². The molecule has 0 aliphatic heterocycles. The first-order valence-corrected chi connectivity index (χ1v) is 7.63. The Bertz CT molecular complexity index is 435. The van der Waals surface area contributed by atoms with Gasteiger partial charge in [-0.15, -0.1) is 0 Å². The molecule has 0 saturated heterocycles. The van der Waals surface area contributed by atoms with Gasteiger partial charge in [0.2, 0.25) is 0 Å². The standard InChI is InChI=1S/C16H23ClFN/c1-2-12-4-3-8-16(19,9-7-12)11-13-10-14(18)5-6-15(13)17/h5-6,10,12H,2-4,7-9,11,19H2,1H3. The van der Waals surface area contributed by atoms with Crippen LogP contribution in [-0.4, -0.2) is 5.54 Å². The summed E-state index contributed by atoms with van der Waals surface area (Å²) in [6, 6.07) is 4.55. The summed E-state index contributed by atoms with van der Waals surface area (Å²) < 4.78 is 13.3. The Balaban J connectivity index is 2.10. The van der Waals surface area contributed by atoms with Crippen molar-refractivity contribution in [2.24, 2.45) is 11.7 Å². The third-order valence-corrected chi connectivity index (χ3v) is 4.83. The first kappa shape index (κ1) is 14.8. The van der Waals surface area contributed by atoms with Gasteiger partial charge in [-0.3, -0.25) is 0 Å². The average molecular weight is 284 g/mol. The van der Waals surface area contributed by atoms with Gasteiger partial charge in [-0.2, -0.15) is 0 Å². The van der Waals surface area contributed by atoms with Crippen LogP contribution in [0, 0.1) is 11.7 Å².